The van der Waals surface area contributed by atoms with Crippen molar-refractivity contribution in [2.45, 2.75) is 50.3 Å². The first-order valence-electron chi connectivity index (χ1n) is 5.36. The lowest BCUT2D eigenvalue weighted by Gasteiger charge is -2.47. The Kier molecular flexibility index (Phi) is 2.86. The highest BCUT2D eigenvalue weighted by Crippen LogP contribution is 2.33. The van der Waals surface area contributed by atoms with Gasteiger partial charge in [0.25, 0.3) is 0 Å². The van der Waals surface area contributed by atoms with Crippen LogP contribution < -0.4 is 0 Å². The van der Waals surface area contributed by atoms with Gasteiger partial charge in [0.05, 0.1) is 12.7 Å². The molecule has 2 atom stereocenters. The van der Waals surface area contributed by atoms with Gasteiger partial charge in [0, 0.05) is 18.6 Å². The second kappa shape index (κ2) is 3.95. The fraction of sp³-hybridized carbons (Fsp3) is 1.00. The van der Waals surface area contributed by atoms with Crippen LogP contribution in [-0.2, 0) is 0 Å². The molecular weight excluding hydrogens is 166 g/mol. The zero-order valence-electron chi connectivity index (χ0n) is 8.02. The Morgan fingerprint density at radius 3 is 2.31 bits per heavy atom. The minimum Gasteiger partial charge on any atom is -0.395 e. The molecular formula is C10H19NO2. The molecule has 2 rings (SSSR count). The monoisotopic (exact) mass is 185 g/mol. The van der Waals surface area contributed by atoms with E-state index in [9.17, 15) is 5.11 Å². The van der Waals surface area contributed by atoms with E-state index < -0.39 is 0 Å². The van der Waals surface area contributed by atoms with Gasteiger partial charge in [-0.1, -0.05) is 6.42 Å². The summed E-state index contributed by atoms with van der Waals surface area (Å²) in [4.78, 5) is 2.40. The number of aliphatic hydroxyl groups is 2. The van der Waals surface area contributed by atoms with Crippen LogP contribution in [0.1, 0.15) is 32.1 Å². The highest BCUT2D eigenvalue weighted by molar-refractivity contribution is 4.92. The number of piperidine rings is 2. The summed E-state index contributed by atoms with van der Waals surface area (Å²) < 4.78 is 0. The van der Waals surface area contributed by atoms with E-state index in [1.165, 1.54) is 19.3 Å². The van der Waals surface area contributed by atoms with Crippen molar-refractivity contribution in [3.63, 3.8) is 0 Å². The van der Waals surface area contributed by atoms with Crippen molar-refractivity contribution in [2.75, 3.05) is 13.2 Å². The molecule has 0 spiro atoms. The van der Waals surface area contributed by atoms with Crippen LogP contribution in [0.3, 0.4) is 0 Å². The fourth-order valence-electron chi connectivity index (χ4n) is 2.93. The second-order valence-corrected chi connectivity index (χ2v) is 4.33. The minimum absolute atomic E-state index is 0.0924. The van der Waals surface area contributed by atoms with Crippen molar-refractivity contribution in [1.29, 1.82) is 0 Å². The zero-order valence-corrected chi connectivity index (χ0v) is 8.02. The van der Waals surface area contributed by atoms with E-state index in [0.717, 1.165) is 19.4 Å². The lowest BCUT2D eigenvalue weighted by molar-refractivity contribution is -0.0328. The molecule has 2 bridgehead atoms. The first-order chi connectivity index (χ1) is 6.31. The molecule has 0 aliphatic carbocycles. The minimum atomic E-state index is -0.0924. The molecule has 0 aromatic rings. The summed E-state index contributed by atoms with van der Waals surface area (Å²) in [5.74, 6) is 0. The molecule has 3 heteroatoms. The maximum atomic E-state index is 9.61. The quantitative estimate of drug-likeness (QED) is 0.652. The van der Waals surface area contributed by atoms with Crippen LogP contribution in [0.15, 0.2) is 0 Å². The number of hydrogen-bond acceptors (Lipinski definition) is 3. The Labute approximate surface area is 79.4 Å². The van der Waals surface area contributed by atoms with E-state index in [1.54, 1.807) is 0 Å². The van der Waals surface area contributed by atoms with E-state index >= 15 is 0 Å². The Hall–Kier alpha value is -0.120. The van der Waals surface area contributed by atoms with Crippen molar-refractivity contribution in [2.24, 2.45) is 0 Å². The van der Waals surface area contributed by atoms with Crippen molar-refractivity contribution >= 4 is 0 Å². The predicted molar refractivity (Wildman–Crippen MR) is 50.5 cm³/mol. The largest absolute Gasteiger partial charge is 0.395 e. The lowest BCUT2D eigenvalue weighted by atomic mass is 9.83. The first-order valence-corrected chi connectivity index (χ1v) is 5.36. The van der Waals surface area contributed by atoms with Crippen molar-refractivity contribution in [1.82, 2.24) is 4.90 Å². The SMILES string of the molecule is OCCN1C2CCCC1CC(O)C2. The molecule has 0 aromatic heterocycles. The van der Waals surface area contributed by atoms with Gasteiger partial charge in [-0.2, -0.15) is 0 Å². The van der Waals surface area contributed by atoms with E-state index in [-0.39, 0.29) is 12.7 Å². The van der Waals surface area contributed by atoms with Gasteiger partial charge in [-0.25, -0.2) is 0 Å². The molecule has 3 nitrogen and oxygen atoms in total. The highest BCUT2D eigenvalue weighted by Gasteiger charge is 2.36. The lowest BCUT2D eigenvalue weighted by Crippen LogP contribution is -2.54. The molecule has 2 heterocycles. The Morgan fingerprint density at radius 1 is 1.15 bits per heavy atom. The topological polar surface area (TPSA) is 43.7 Å². The maximum Gasteiger partial charge on any atom is 0.0570 e. The Morgan fingerprint density at radius 2 is 1.77 bits per heavy atom. The second-order valence-electron chi connectivity index (χ2n) is 4.33. The van der Waals surface area contributed by atoms with Gasteiger partial charge in [-0.15, -0.1) is 0 Å². The highest BCUT2D eigenvalue weighted by atomic mass is 16.3. The van der Waals surface area contributed by atoms with Gasteiger partial charge in [0.1, 0.15) is 0 Å². The van der Waals surface area contributed by atoms with Crippen LogP contribution in [0.25, 0.3) is 0 Å². The molecule has 0 amide bonds. The smallest absolute Gasteiger partial charge is 0.0570 e. The van der Waals surface area contributed by atoms with E-state index in [2.05, 4.69) is 4.90 Å². The van der Waals surface area contributed by atoms with Gasteiger partial charge in [0.2, 0.25) is 0 Å². The fourth-order valence-corrected chi connectivity index (χ4v) is 2.93. The van der Waals surface area contributed by atoms with E-state index in [4.69, 9.17) is 5.11 Å². The van der Waals surface area contributed by atoms with Crippen LogP contribution in [-0.4, -0.2) is 46.5 Å². The van der Waals surface area contributed by atoms with Crippen molar-refractivity contribution < 1.29 is 10.2 Å². The van der Waals surface area contributed by atoms with Gasteiger partial charge >= 0.3 is 0 Å². The number of aliphatic hydroxyl groups excluding tert-OH is 2. The summed E-state index contributed by atoms with van der Waals surface area (Å²) in [6.07, 6.45) is 5.43. The summed E-state index contributed by atoms with van der Waals surface area (Å²) in [5, 5.41) is 18.5. The zero-order chi connectivity index (χ0) is 9.26. The standard InChI is InChI=1S/C10H19NO2/c12-5-4-11-8-2-1-3-9(11)7-10(13)6-8/h8-10,12-13H,1-7H2. The van der Waals surface area contributed by atoms with E-state index in [1.807, 2.05) is 0 Å². The molecule has 2 fully saturated rings. The summed E-state index contributed by atoms with van der Waals surface area (Å²) >= 11 is 0. The van der Waals surface area contributed by atoms with Crippen molar-refractivity contribution in [3.8, 4) is 0 Å². The summed E-state index contributed by atoms with van der Waals surface area (Å²) in [7, 11) is 0. The molecule has 0 saturated carbocycles. The third kappa shape index (κ3) is 1.87. The van der Waals surface area contributed by atoms with Gasteiger partial charge in [-0.05, 0) is 25.7 Å². The maximum absolute atomic E-state index is 9.61. The molecule has 2 unspecified atom stereocenters. The molecule has 2 N–H and O–H groups in total. The normalized spacial score (nSPS) is 40.6. The number of nitrogens with zero attached hydrogens (tertiary/aromatic N) is 1. The summed E-state index contributed by atoms with van der Waals surface area (Å²) in [6.45, 7) is 1.05. The van der Waals surface area contributed by atoms with Gasteiger partial charge < -0.3 is 10.2 Å². The van der Waals surface area contributed by atoms with Gasteiger partial charge in [0.15, 0.2) is 0 Å². The first kappa shape index (κ1) is 9.44. The van der Waals surface area contributed by atoms with E-state index in [0.29, 0.717) is 12.1 Å². The van der Waals surface area contributed by atoms with Crippen molar-refractivity contribution in [3.05, 3.63) is 0 Å². The van der Waals surface area contributed by atoms with Crippen LogP contribution in [0.2, 0.25) is 0 Å². The molecule has 2 aliphatic rings. The number of fused-ring (bicyclic) bond motifs is 2. The Balaban J connectivity index is 2.01. The van der Waals surface area contributed by atoms with Crippen LogP contribution >= 0.6 is 0 Å². The van der Waals surface area contributed by atoms with Crippen LogP contribution in [0.5, 0.6) is 0 Å². The average molecular weight is 185 g/mol. The van der Waals surface area contributed by atoms with Crippen LogP contribution in [0.4, 0.5) is 0 Å². The number of rotatable bonds is 2. The molecule has 0 aromatic carbocycles. The summed E-state index contributed by atoms with van der Waals surface area (Å²) in [6, 6.07) is 1.07. The molecule has 13 heavy (non-hydrogen) atoms. The average Bonchev–Trinajstić information content (AvgIpc) is 2.07. The third-order valence-electron chi connectivity index (χ3n) is 3.46. The molecule has 0 radical (unpaired) electrons. The predicted octanol–water partition coefficient (Wildman–Crippen LogP) is 0.356. The molecule has 76 valence electrons. The molecule has 2 aliphatic heterocycles. The number of hydrogen-bond donors (Lipinski definition) is 2. The third-order valence-corrected chi connectivity index (χ3v) is 3.46. The Bertz CT molecular complexity index is 160. The van der Waals surface area contributed by atoms with Crippen LogP contribution in [0, 0.1) is 0 Å². The van der Waals surface area contributed by atoms with Gasteiger partial charge in [-0.3, -0.25) is 4.90 Å². The molecule has 2 saturated heterocycles. The summed E-state index contributed by atoms with van der Waals surface area (Å²) in [5.41, 5.74) is 0.